The molecular formula is C22H26N3O+. The van der Waals surface area contributed by atoms with Gasteiger partial charge in [0.1, 0.15) is 5.69 Å². The molecule has 1 saturated carbocycles. The zero-order valence-electron chi connectivity index (χ0n) is 15.0. The molecule has 2 aliphatic rings. The molecule has 0 aromatic heterocycles. The molecule has 1 amide bonds. The van der Waals surface area contributed by atoms with Gasteiger partial charge in [0, 0.05) is 24.9 Å². The van der Waals surface area contributed by atoms with Crippen molar-refractivity contribution in [2.24, 2.45) is 16.8 Å². The standard InChI is InChI=1S/C22H25N3O/c26-22(23-15-17-6-2-1-3-7-17)18-12-10-16(11-13-18)14-21-24-19-8-4-5-9-20(19)25-21/h1-9,16,18H,10-15H2,(H,23,26)(H,24,25)/p+1. The zero-order chi connectivity index (χ0) is 17.8. The van der Waals surface area contributed by atoms with Gasteiger partial charge in [-0.2, -0.15) is 4.99 Å². The van der Waals surface area contributed by atoms with Gasteiger partial charge in [0.05, 0.1) is 0 Å². The molecule has 0 spiro atoms. The van der Waals surface area contributed by atoms with Crippen molar-refractivity contribution in [2.45, 2.75) is 38.6 Å². The fourth-order valence-corrected chi connectivity index (χ4v) is 4.04. The van der Waals surface area contributed by atoms with Gasteiger partial charge in [-0.15, -0.1) is 0 Å². The second kappa shape index (κ2) is 7.83. The number of hydrogen-bond donors (Lipinski definition) is 2. The molecule has 1 aliphatic heterocycles. The number of carbonyl (C=O) groups excluding carboxylic acids is 1. The summed E-state index contributed by atoms with van der Waals surface area (Å²) in [4.78, 5) is 17.2. The molecule has 0 saturated heterocycles. The summed E-state index contributed by atoms with van der Waals surface area (Å²) in [5.74, 6) is 2.23. The van der Waals surface area contributed by atoms with Crippen LogP contribution in [-0.4, -0.2) is 11.7 Å². The van der Waals surface area contributed by atoms with Crippen LogP contribution in [-0.2, 0) is 11.3 Å². The van der Waals surface area contributed by atoms with Crippen LogP contribution >= 0.6 is 0 Å². The Labute approximate surface area is 154 Å². The van der Waals surface area contributed by atoms with Gasteiger partial charge in [-0.3, -0.25) is 10.1 Å². The Morgan fingerprint density at radius 3 is 2.50 bits per heavy atom. The number of carbonyl (C=O) groups is 1. The van der Waals surface area contributed by atoms with Gasteiger partial charge in [0.2, 0.25) is 11.7 Å². The van der Waals surface area contributed by atoms with Crippen LogP contribution < -0.4 is 10.6 Å². The lowest BCUT2D eigenvalue weighted by Crippen LogP contribution is -2.80. The third-order valence-electron chi connectivity index (χ3n) is 5.55. The van der Waals surface area contributed by atoms with E-state index in [-0.39, 0.29) is 11.8 Å². The van der Waals surface area contributed by atoms with Crippen LogP contribution in [0.5, 0.6) is 0 Å². The second-order valence-electron chi connectivity index (χ2n) is 7.43. The molecule has 26 heavy (non-hydrogen) atoms. The number of aliphatic imine (C=N–C) groups is 1. The number of amides is 1. The first-order valence-corrected chi connectivity index (χ1v) is 9.61. The van der Waals surface area contributed by atoms with Gasteiger partial charge in [0.25, 0.3) is 0 Å². The van der Waals surface area contributed by atoms with Gasteiger partial charge in [-0.25, -0.2) is 0 Å². The topological polar surface area (TPSA) is 58.1 Å². The largest absolute Gasteiger partial charge is 0.352 e. The minimum atomic E-state index is 0.168. The average Bonchev–Trinajstić information content (AvgIpc) is 3.10. The van der Waals surface area contributed by atoms with Crippen molar-refractivity contribution in [1.82, 2.24) is 5.32 Å². The molecule has 4 rings (SSSR count). The first-order valence-electron chi connectivity index (χ1n) is 9.61. The van der Waals surface area contributed by atoms with Gasteiger partial charge < -0.3 is 5.32 Å². The minimum Gasteiger partial charge on any atom is -0.352 e. The Bertz CT molecular complexity index is 792. The van der Waals surface area contributed by atoms with Crippen LogP contribution in [0.3, 0.4) is 0 Å². The summed E-state index contributed by atoms with van der Waals surface area (Å²) in [7, 11) is 0. The van der Waals surface area contributed by atoms with Crippen molar-refractivity contribution in [1.29, 1.82) is 0 Å². The predicted molar refractivity (Wildman–Crippen MR) is 103 cm³/mol. The highest BCUT2D eigenvalue weighted by Crippen LogP contribution is 2.32. The highest BCUT2D eigenvalue weighted by atomic mass is 16.1. The molecule has 134 valence electrons. The first kappa shape index (κ1) is 17.0. The molecule has 4 nitrogen and oxygen atoms in total. The van der Waals surface area contributed by atoms with E-state index in [0.717, 1.165) is 43.4 Å². The first-order chi connectivity index (χ1) is 12.8. The summed E-state index contributed by atoms with van der Waals surface area (Å²) >= 11 is 0. The summed E-state index contributed by atoms with van der Waals surface area (Å²) in [6, 6.07) is 18.4. The van der Waals surface area contributed by atoms with Crippen LogP contribution in [0.2, 0.25) is 0 Å². The Morgan fingerprint density at radius 2 is 1.73 bits per heavy atom. The van der Waals surface area contributed by atoms with Crippen molar-refractivity contribution in [3.8, 4) is 0 Å². The number of hydrogen-bond acceptors (Lipinski definition) is 2. The number of amidine groups is 1. The summed E-state index contributed by atoms with van der Waals surface area (Å²) in [5, 5.41) is 5.32. The number of rotatable bonds is 5. The van der Waals surface area contributed by atoms with E-state index in [1.165, 1.54) is 11.5 Å². The lowest BCUT2D eigenvalue weighted by atomic mass is 9.80. The SMILES string of the molecule is O=C(NCc1ccccc1)C1CCC(CC2=Nc3ccccc3[NH2+]2)CC1. The van der Waals surface area contributed by atoms with Crippen molar-refractivity contribution < 1.29 is 10.1 Å². The Morgan fingerprint density at radius 1 is 1.00 bits per heavy atom. The van der Waals surface area contributed by atoms with Gasteiger partial charge in [-0.1, -0.05) is 42.5 Å². The Balaban J connectivity index is 1.22. The van der Waals surface area contributed by atoms with Gasteiger partial charge >= 0.3 is 0 Å². The van der Waals surface area contributed by atoms with E-state index in [1.807, 2.05) is 36.4 Å². The number of nitrogens with zero attached hydrogens (tertiary/aromatic N) is 1. The number of fused-ring (bicyclic) bond motifs is 1. The number of benzene rings is 2. The van der Waals surface area contributed by atoms with E-state index in [1.54, 1.807) is 0 Å². The van der Waals surface area contributed by atoms with Crippen molar-refractivity contribution in [3.63, 3.8) is 0 Å². The molecule has 4 heteroatoms. The highest BCUT2D eigenvalue weighted by Gasteiger charge is 2.29. The molecule has 1 heterocycles. The van der Waals surface area contributed by atoms with E-state index in [2.05, 4.69) is 28.8 Å². The molecule has 1 aliphatic carbocycles. The molecular weight excluding hydrogens is 322 g/mol. The Hall–Kier alpha value is -2.46. The minimum absolute atomic E-state index is 0.168. The Kier molecular flexibility index (Phi) is 5.12. The van der Waals surface area contributed by atoms with Crippen LogP contribution in [0.1, 0.15) is 37.7 Å². The van der Waals surface area contributed by atoms with Gasteiger partial charge in [-0.05, 0) is 43.2 Å². The summed E-state index contributed by atoms with van der Waals surface area (Å²) in [6.45, 7) is 0.629. The summed E-state index contributed by atoms with van der Waals surface area (Å²) in [5.41, 5.74) is 3.48. The monoisotopic (exact) mass is 348 g/mol. The fraction of sp³-hybridized carbons (Fsp3) is 0.364. The highest BCUT2D eigenvalue weighted by molar-refractivity contribution is 5.85. The van der Waals surface area contributed by atoms with E-state index in [9.17, 15) is 4.79 Å². The quantitative estimate of drug-likeness (QED) is 0.799. The fourth-order valence-electron chi connectivity index (χ4n) is 4.04. The molecule has 2 aromatic carbocycles. The average molecular weight is 348 g/mol. The maximum Gasteiger partial charge on any atom is 0.223 e. The number of quaternary nitrogens is 1. The number of nitrogens with one attached hydrogen (secondary N) is 1. The van der Waals surface area contributed by atoms with Crippen molar-refractivity contribution in [2.75, 3.05) is 0 Å². The third kappa shape index (κ3) is 4.02. The molecule has 1 fully saturated rings. The zero-order valence-corrected chi connectivity index (χ0v) is 15.0. The normalized spacial score (nSPS) is 21.8. The molecule has 3 N–H and O–H groups in total. The summed E-state index contributed by atoms with van der Waals surface area (Å²) in [6.07, 6.45) is 5.25. The predicted octanol–water partition coefficient (Wildman–Crippen LogP) is 3.44. The summed E-state index contributed by atoms with van der Waals surface area (Å²) < 4.78 is 0. The van der Waals surface area contributed by atoms with E-state index in [4.69, 9.17) is 4.99 Å². The van der Waals surface area contributed by atoms with E-state index < -0.39 is 0 Å². The van der Waals surface area contributed by atoms with Crippen molar-refractivity contribution in [3.05, 3.63) is 60.2 Å². The second-order valence-corrected chi connectivity index (χ2v) is 7.43. The number of para-hydroxylation sites is 2. The molecule has 0 radical (unpaired) electrons. The third-order valence-corrected chi connectivity index (χ3v) is 5.55. The van der Waals surface area contributed by atoms with E-state index in [0.29, 0.717) is 12.5 Å². The maximum atomic E-state index is 12.4. The lowest BCUT2D eigenvalue weighted by molar-refractivity contribution is -0.441. The molecule has 2 aromatic rings. The number of nitrogens with two attached hydrogens (primary N) is 1. The van der Waals surface area contributed by atoms with Crippen LogP contribution in [0, 0.1) is 11.8 Å². The van der Waals surface area contributed by atoms with Crippen LogP contribution in [0.15, 0.2) is 59.6 Å². The molecule has 0 atom stereocenters. The van der Waals surface area contributed by atoms with E-state index >= 15 is 0 Å². The van der Waals surface area contributed by atoms with Crippen LogP contribution in [0.25, 0.3) is 0 Å². The molecule has 0 bridgehead atoms. The van der Waals surface area contributed by atoms with Crippen LogP contribution in [0.4, 0.5) is 11.4 Å². The lowest BCUT2D eigenvalue weighted by Gasteiger charge is -2.27. The smallest absolute Gasteiger partial charge is 0.223 e. The molecule has 0 unspecified atom stereocenters. The van der Waals surface area contributed by atoms with Gasteiger partial charge in [0.15, 0.2) is 5.69 Å². The maximum absolute atomic E-state index is 12.4. The van der Waals surface area contributed by atoms with Crippen molar-refractivity contribution >= 4 is 23.1 Å².